The number of rotatable bonds is 1. The van der Waals surface area contributed by atoms with E-state index in [1.165, 1.54) is 11.0 Å². The van der Waals surface area contributed by atoms with Crippen LogP contribution in [0.4, 0.5) is 4.39 Å². The summed E-state index contributed by atoms with van der Waals surface area (Å²) in [6.07, 6.45) is 0.0700. The maximum Gasteiger partial charge on any atom is 0.256 e. The van der Waals surface area contributed by atoms with E-state index in [9.17, 15) is 14.3 Å². The number of carbonyl (C=O) groups is 1. The number of nitrogens with zero attached hydrogens (tertiary/aromatic N) is 1. The summed E-state index contributed by atoms with van der Waals surface area (Å²) in [6.45, 7) is 0.761. The SMILES string of the molecule is O=C(c1cccc(Br)c1F)N1CC[C@@H](O)C1. The van der Waals surface area contributed by atoms with Crippen molar-refractivity contribution in [1.82, 2.24) is 4.90 Å². The average molecular weight is 288 g/mol. The van der Waals surface area contributed by atoms with E-state index in [0.717, 1.165) is 0 Å². The molecule has 3 nitrogen and oxygen atoms in total. The quantitative estimate of drug-likeness (QED) is 0.856. The van der Waals surface area contributed by atoms with Crippen molar-refractivity contribution in [3.05, 3.63) is 34.1 Å². The van der Waals surface area contributed by atoms with Crippen LogP contribution in [0.25, 0.3) is 0 Å². The van der Waals surface area contributed by atoms with Gasteiger partial charge in [0.25, 0.3) is 5.91 Å². The number of benzene rings is 1. The second-order valence-corrected chi connectivity index (χ2v) is 4.65. The second kappa shape index (κ2) is 4.51. The molecule has 0 aromatic heterocycles. The molecule has 0 spiro atoms. The molecule has 86 valence electrons. The van der Waals surface area contributed by atoms with E-state index in [1.807, 2.05) is 0 Å². The normalized spacial score (nSPS) is 20.2. The Balaban J connectivity index is 2.24. The molecular formula is C11H11BrFNO2. The van der Waals surface area contributed by atoms with Crippen molar-refractivity contribution in [1.29, 1.82) is 0 Å². The van der Waals surface area contributed by atoms with E-state index < -0.39 is 11.9 Å². The van der Waals surface area contributed by atoms with Crippen molar-refractivity contribution >= 4 is 21.8 Å². The number of hydrogen-bond acceptors (Lipinski definition) is 2. The molecule has 0 radical (unpaired) electrons. The molecule has 0 saturated carbocycles. The van der Waals surface area contributed by atoms with Gasteiger partial charge in [0.2, 0.25) is 0 Å². The zero-order chi connectivity index (χ0) is 11.7. The Hall–Kier alpha value is -0.940. The monoisotopic (exact) mass is 287 g/mol. The summed E-state index contributed by atoms with van der Waals surface area (Å²) < 4.78 is 13.9. The van der Waals surface area contributed by atoms with Crippen molar-refractivity contribution in [3.63, 3.8) is 0 Å². The van der Waals surface area contributed by atoms with Crippen LogP contribution in [0.2, 0.25) is 0 Å². The zero-order valence-corrected chi connectivity index (χ0v) is 10.1. The predicted molar refractivity (Wildman–Crippen MR) is 60.6 cm³/mol. The number of β-amino-alcohol motifs (C(OH)–C–C–N with tert-alkyl or cyclic N) is 1. The Morgan fingerprint density at radius 1 is 1.56 bits per heavy atom. The molecule has 1 N–H and O–H groups in total. The van der Waals surface area contributed by atoms with Gasteiger partial charge in [0.05, 0.1) is 16.1 Å². The van der Waals surface area contributed by atoms with Crippen molar-refractivity contribution in [2.75, 3.05) is 13.1 Å². The number of carbonyl (C=O) groups excluding carboxylic acids is 1. The van der Waals surface area contributed by atoms with Crippen LogP contribution in [-0.4, -0.2) is 35.1 Å². The standard InChI is InChI=1S/C11H11BrFNO2/c12-9-3-1-2-8(10(9)13)11(16)14-5-4-7(15)6-14/h1-3,7,15H,4-6H2/t7-/m1/s1. The fourth-order valence-corrected chi connectivity index (χ4v) is 2.13. The van der Waals surface area contributed by atoms with Gasteiger partial charge in [-0.2, -0.15) is 0 Å². The maximum absolute atomic E-state index is 13.6. The molecule has 1 amide bonds. The molecule has 1 saturated heterocycles. The summed E-state index contributed by atoms with van der Waals surface area (Å²) in [7, 11) is 0. The highest BCUT2D eigenvalue weighted by Gasteiger charge is 2.27. The van der Waals surface area contributed by atoms with E-state index in [-0.39, 0.29) is 22.5 Å². The summed E-state index contributed by atoms with van der Waals surface area (Å²) in [4.78, 5) is 13.4. The largest absolute Gasteiger partial charge is 0.391 e. The summed E-state index contributed by atoms with van der Waals surface area (Å²) in [5.41, 5.74) is 0.0449. The molecule has 0 unspecified atom stereocenters. The number of aliphatic hydroxyl groups is 1. The Kier molecular flexibility index (Phi) is 3.25. The Morgan fingerprint density at radius 2 is 2.31 bits per heavy atom. The maximum atomic E-state index is 13.6. The third-order valence-electron chi connectivity index (χ3n) is 2.63. The molecule has 1 aliphatic rings. The predicted octanol–water partition coefficient (Wildman–Crippen LogP) is 1.79. The lowest BCUT2D eigenvalue weighted by Gasteiger charge is -2.16. The highest BCUT2D eigenvalue weighted by atomic mass is 79.9. The van der Waals surface area contributed by atoms with E-state index in [2.05, 4.69) is 15.9 Å². The minimum Gasteiger partial charge on any atom is -0.391 e. The van der Waals surface area contributed by atoms with Crippen molar-refractivity contribution in [3.8, 4) is 0 Å². The lowest BCUT2D eigenvalue weighted by molar-refractivity contribution is 0.0760. The van der Waals surface area contributed by atoms with Gasteiger partial charge in [-0.05, 0) is 34.5 Å². The number of hydrogen-bond donors (Lipinski definition) is 1. The Labute approximate surface area is 101 Å². The van der Waals surface area contributed by atoms with Gasteiger partial charge in [-0.1, -0.05) is 6.07 Å². The molecule has 1 heterocycles. The van der Waals surface area contributed by atoms with E-state index in [4.69, 9.17) is 0 Å². The van der Waals surface area contributed by atoms with Gasteiger partial charge in [0, 0.05) is 13.1 Å². The topological polar surface area (TPSA) is 40.5 Å². The number of aliphatic hydroxyl groups excluding tert-OH is 1. The van der Waals surface area contributed by atoms with Crippen LogP contribution < -0.4 is 0 Å². The third kappa shape index (κ3) is 2.10. The van der Waals surface area contributed by atoms with Gasteiger partial charge in [0.15, 0.2) is 0 Å². The first-order valence-corrected chi connectivity index (χ1v) is 5.80. The molecular weight excluding hydrogens is 277 g/mol. The molecule has 0 aliphatic carbocycles. The molecule has 2 rings (SSSR count). The first kappa shape index (κ1) is 11.5. The Bertz CT molecular complexity index is 424. The minimum atomic E-state index is -0.547. The average Bonchev–Trinajstić information content (AvgIpc) is 2.68. The van der Waals surface area contributed by atoms with Crippen LogP contribution in [0.15, 0.2) is 22.7 Å². The van der Waals surface area contributed by atoms with Crippen LogP contribution in [0, 0.1) is 5.82 Å². The zero-order valence-electron chi connectivity index (χ0n) is 8.49. The molecule has 1 aromatic carbocycles. The molecule has 1 fully saturated rings. The number of halogens is 2. The smallest absolute Gasteiger partial charge is 0.256 e. The van der Waals surface area contributed by atoms with Gasteiger partial charge in [-0.25, -0.2) is 4.39 Å². The van der Waals surface area contributed by atoms with Crippen LogP contribution in [0.5, 0.6) is 0 Å². The van der Waals surface area contributed by atoms with Crippen molar-refractivity contribution in [2.24, 2.45) is 0 Å². The Morgan fingerprint density at radius 3 is 2.94 bits per heavy atom. The minimum absolute atomic E-state index is 0.0449. The third-order valence-corrected chi connectivity index (χ3v) is 3.25. The molecule has 1 atom stereocenters. The van der Waals surface area contributed by atoms with Crippen molar-refractivity contribution in [2.45, 2.75) is 12.5 Å². The highest BCUT2D eigenvalue weighted by Crippen LogP contribution is 2.21. The summed E-state index contributed by atoms with van der Waals surface area (Å²) in [6, 6.07) is 4.62. The molecule has 0 bridgehead atoms. The van der Waals surface area contributed by atoms with Crippen LogP contribution in [0.1, 0.15) is 16.8 Å². The first-order chi connectivity index (χ1) is 7.59. The first-order valence-electron chi connectivity index (χ1n) is 5.01. The lowest BCUT2D eigenvalue weighted by Crippen LogP contribution is -2.30. The van der Waals surface area contributed by atoms with Gasteiger partial charge in [0.1, 0.15) is 5.82 Å². The van der Waals surface area contributed by atoms with Gasteiger partial charge in [-0.15, -0.1) is 0 Å². The van der Waals surface area contributed by atoms with Crippen molar-refractivity contribution < 1.29 is 14.3 Å². The van der Waals surface area contributed by atoms with Gasteiger partial charge in [-0.3, -0.25) is 4.79 Å². The van der Waals surface area contributed by atoms with E-state index in [1.54, 1.807) is 12.1 Å². The summed E-state index contributed by atoms with van der Waals surface area (Å²) in [5, 5.41) is 9.32. The molecule has 16 heavy (non-hydrogen) atoms. The van der Waals surface area contributed by atoms with E-state index in [0.29, 0.717) is 13.0 Å². The van der Waals surface area contributed by atoms with Gasteiger partial charge < -0.3 is 10.0 Å². The summed E-state index contributed by atoms with van der Waals surface area (Å²) in [5.74, 6) is -0.913. The molecule has 5 heteroatoms. The lowest BCUT2D eigenvalue weighted by atomic mass is 10.2. The fraction of sp³-hybridized carbons (Fsp3) is 0.364. The number of amides is 1. The molecule has 1 aliphatic heterocycles. The fourth-order valence-electron chi connectivity index (χ4n) is 1.77. The summed E-state index contributed by atoms with van der Waals surface area (Å²) >= 11 is 3.04. The second-order valence-electron chi connectivity index (χ2n) is 3.80. The van der Waals surface area contributed by atoms with Gasteiger partial charge >= 0.3 is 0 Å². The molecule has 1 aromatic rings. The van der Waals surface area contributed by atoms with Crippen LogP contribution >= 0.6 is 15.9 Å². The van der Waals surface area contributed by atoms with Crippen LogP contribution in [-0.2, 0) is 0 Å². The van der Waals surface area contributed by atoms with E-state index >= 15 is 0 Å². The van der Waals surface area contributed by atoms with Crippen LogP contribution in [0.3, 0.4) is 0 Å². The number of likely N-dealkylation sites (tertiary alicyclic amines) is 1. The highest BCUT2D eigenvalue weighted by molar-refractivity contribution is 9.10.